The van der Waals surface area contributed by atoms with Crippen LogP contribution in [0.25, 0.3) is 0 Å². The molecule has 0 heterocycles. The minimum atomic E-state index is -3.63. The lowest BCUT2D eigenvalue weighted by Crippen LogP contribution is -2.12. The highest BCUT2D eigenvalue weighted by Gasteiger charge is 2.14. The van der Waals surface area contributed by atoms with Crippen molar-refractivity contribution in [2.24, 2.45) is 0 Å². The van der Waals surface area contributed by atoms with E-state index in [0.29, 0.717) is 17.1 Å². The van der Waals surface area contributed by atoms with E-state index in [1.165, 1.54) is 19.2 Å². The maximum Gasteiger partial charge on any atom is 0.262 e. The zero-order chi connectivity index (χ0) is 13.9. The molecule has 3 N–H and O–H groups in total. The summed E-state index contributed by atoms with van der Waals surface area (Å²) < 4.78 is 31.8. The Morgan fingerprint density at radius 2 is 1.79 bits per heavy atom. The van der Waals surface area contributed by atoms with Gasteiger partial charge in [0.25, 0.3) is 10.0 Å². The van der Waals surface area contributed by atoms with E-state index in [2.05, 4.69) is 4.72 Å². The quantitative estimate of drug-likeness (QED) is 0.839. The van der Waals surface area contributed by atoms with Gasteiger partial charge in [0.15, 0.2) is 0 Å². The van der Waals surface area contributed by atoms with E-state index in [-0.39, 0.29) is 4.90 Å². The van der Waals surface area contributed by atoms with E-state index in [9.17, 15) is 8.42 Å². The lowest BCUT2D eigenvalue weighted by atomic mass is 10.3. The Kier molecular flexibility index (Phi) is 3.62. The Hall–Kier alpha value is -2.21. The molecule has 5 nitrogen and oxygen atoms in total. The monoisotopic (exact) mass is 278 g/mol. The Bertz CT molecular complexity index is 667. The predicted molar refractivity (Wildman–Crippen MR) is 74.7 cm³/mol. The fourth-order valence-electron chi connectivity index (χ4n) is 1.53. The molecule has 0 fully saturated rings. The third kappa shape index (κ3) is 3.17. The molecule has 100 valence electrons. The summed E-state index contributed by atoms with van der Waals surface area (Å²) in [5, 5.41) is 0. The maximum atomic E-state index is 12.2. The number of hydrogen-bond acceptors (Lipinski definition) is 4. The molecule has 0 atom stereocenters. The van der Waals surface area contributed by atoms with Gasteiger partial charge in [-0.1, -0.05) is 6.07 Å². The highest BCUT2D eigenvalue weighted by atomic mass is 32.2. The van der Waals surface area contributed by atoms with E-state index in [1.54, 1.807) is 36.4 Å². The summed E-state index contributed by atoms with van der Waals surface area (Å²) in [7, 11) is -2.14. The van der Waals surface area contributed by atoms with Crippen molar-refractivity contribution in [3.8, 4) is 5.75 Å². The number of rotatable bonds is 4. The van der Waals surface area contributed by atoms with Gasteiger partial charge in [-0.3, -0.25) is 4.72 Å². The molecule has 0 unspecified atom stereocenters. The molecular weight excluding hydrogens is 264 g/mol. The second-order valence-corrected chi connectivity index (χ2v) is 5.59. The van der Waals surface area contributed by atoms with Gasteiger partial charge in [0.1, 0.15) is 5.75 Å². The molecule has 19 heavy (non-hydrogen) atoms. The predicted octanol–water partition coefficient (Wildman–Crippen LogP) is 2.08. The molecule has 0 aliphatic carbocycles. The van der Waals surface area contributed by atoms with Crippen molar-refractivity contribution in [1.82, 2.24) is 0 Å². The molecule has 6 heteroatoms. The Balaban J connectivity index is 2.29. The highest BCUT2D eigenvalue weighted by Crippen LogP contribution is 2.20. The van der Waals surface area contributed by atoms with Crippen LogP contribution in [0.4, 0.5) is 11.4 Å². The number of nitrogens with one attached hydrogen (secondary N) is 1. The molecule has 0 saturated carbocycles. The topological polar surface area (TPSA) is 81.4 Å². The summed E-state index contributed by atoms with van der Waals surface area (Å²) in [5.41, 5.74) is 6.57. The van der Waals surface area contributed by atoms with Crippen LogP contribution in [0.2, 0.25) is 0 Å². The molecule has 2 aromatic carbocycles. The summed E-state index contributed by atoms with van der Waals surface area (Å²) in [6.07, 6.45) is 0. The van der Waals surface area contributed by atoms with E-state index in [1.807, 2.05) is 0 Å². The first-order valence-corrected chi connectivity index (χ1v) is 7.02. The first-order chi connectivity index (χ1) is 9.01. The lowest BCUT2D eigenvalue weighted by Gasteiger charge is -2.09. The zero-order valence-corrected chi connectivity index (χ0v) is 11.1. The maximum absolute atomic E-state index is 12.2. The van der Waals surface area contributed by atoms with Gasteiger partial charge in [-0.25, -0.2) is 8.42 Å². The number of hydrogen-bond donors (Lipinski definition) is 2. The molecule has 0 saturated heterocycles. The molecule has 2 rings (SSSR count). The summed E-state index contributed by atoms with van der Waals surface area (Å²) in [6.45, 7) is 0. The van der Waals surface area contributed by atoms with Gasteiger partial charge in [-0.05, 0) is 36.4 Å². The molecule has 0 radical (unpaired) electrons. The van der Waals surface area contributed by atoms with Gasteiger partial charge >= 0.3 is 0 Å². The van der Waals surface area contributed by atoms with Crippen molar-refractivity contribution in [2.75, 3.05) is 17.6 Å². The number of nitrogen functional groups attached to an aromatic ring is 1. The molecule has 0 bridgehead atoms. The van der Waals surface area contributed by atoms with Crippen LogP contribution in [-0.4, -0.2) is 15.5 Å². The first-order valence-electron chi connectivity index (χ1n) is 5.54. The van der Waals surface area contributed by atoms with E-state index in [4.69, 9.17) is 10.5 Å². The molecule has 0 spiro atoms. The molecular formula is C13H14N2O3S. The van der Waals surface area contributed by atoms with Gasteiger partial charge in [-0.15, -0.1) is 0 Å². The van der Waals surface area contributed by atoms with Crippen molar-refractivity contribution in [3.05, 3.63) is 48.5 Å². The van der Waals surface area contributed by atoms with Crippen molar-refractivity contribution in [2.45, 2.75) is 4.90 Å². The van der Waals surface area contributed by atoms with Crippen LogP contribution in [0.1, 0.15) is 0 Å². The van der Waals surface area contributed by atoms with Crippen LogP contribution in [0.15, 0.2) is 53.4 Å². The SMILES string of the molecule is COc1cccc(S(=O)(=O)Nc2ccc(N)cc2)c1. The average molecular weight is 278 g/mol. The normalized spacial score (nSPS) is 11.0. The highest BCUT2D eigenvalue weighted by molar-refractivity contribution is 7.92. The third-order valence-electron chi connectivity index (χ3n) is 2.51. The minimum Gasteiger partial charge on any atom is -0.497 e. The van der Waals surface area contributed by atoms with E-state index in [0.717, 1.165) is 0 Å². The second-order valence-electron chi connectivity index (χ2n) is 3.91. The van der Waals surface area contributed by atoms with E-state index >= 15 is 0 Å². The van der Waals surface area contributed by atoms with Crippen molar-refractivity contribution in [3.63, 3.8) is 0 Å². The van der Waals surface area contributed by atoms with Crippen molar-refractivity contribution in [1.29, 1.82) is 0 Å². The summed E-state index contributed by atoms with van der Waals surface area (Å²) in [6, 6.07) is 12.7. The van der Waals surface area contributed by atoms with Crippen LogP contribution >= 0.6 is 0 Å². The number of ether oxygens (including phenoxy) is 1. The Morgan fingerprint density at radius 3 is 2.42 bits per heavy atom. The second kappa shape index (κ2) is 5.19. The number of benzene rings is 2. The van der Waals surface area contributed by atoms with Gasteiger partial charge in [0.05, 0.1) is 12.0 Å². The number of sulfonamides is 1. The smallest absolute Gasteiger partial charge is 0.262 e. The van der Waals surface area contributed by atoms with Gasteiger partial charge in [0, 0.05) is 17.4 Å². The summed E-state index contributed by atoms with van der Waals surface area (Å²) >= 11 is 0. The van der Waals surface area contributed by atoms with Crippen LogP contribution < -0.4 is 15.2 Å². The Morgan fingerprint density at radius 1 is 1.11 bits per heavy atom. The number of methoxy groups -OCH3 is 1. The minimum absolute atomic E-state index is 0.142. The Labute approximate surface area is 112 Å². The largest absolute Gasteiger partial charge is 0.497 e. The fraction of sp³-hybridized carbons (Fsp3) is 0.0769. The molecule has 2 aromatic rings. The fourth-order valence-corrected chi connectivity index (χ4v) is 2.63. The van der Waals surface area contributed by atoms with Crippen LogP contribution in [0, 0.1) is 0 Å². The molecule has 0 amide bonds. The third-order valence-corrected chi connectivity index (χ3v) is 3.89. The van der Waals surface area contributed by atoms with E-state index < -0.39 is 10.0 Å². The van der Waals surface area contributed by atoms with Crippen LogP contribution in [0.3, 0.4) is 0 Å². The molecule has 0 aliphatic rings. The van der Waals surface area contributed by atoms with Crippen LogP contribution in [0.5, 0.6) is 5.75 Å². The molecule has 0 aromatic heterocycles. The summed E-state index contributed by atoms with van der Waals surface area (Å²) in [4.78, 5) is 0.142. The number of nitrogens with two attached hydrogens (primary N) is 1. The first kappa shape index (κ1) is 13.2. The van der Waals surface area contributed by atoms with Gasteiger partial charge < -0.3 is 10.5 Å². The van der Waals surface area contributed by atoms with Crippen molar-refractivity contribution >= 4 is 21.4 Å². The molecule has 0 aliphatic heterocycles. The summed E-state index contributed by atoms with van der Waals surface area (Å²) in [5.74, 6) is 0.486. The van der Waals surface area contributed by atoms with Crippen molar-refractivity contribution < 1.29 is 13.2 Å². The standard InChI is InChI=1S/C13H14N2O3S/c1-18-12-3-2-4-13(9-12)19(16,17)15-11-7-5-10(14)6-8-11/h2-9,15H,14H2,1H3. The van der Waals surface area contributed by atoms with Gasteiger partial charge in [0.2, 0.25) is 0 Å². The number of anilines is 2. The zero-order valence-electron chi connectivity index (χ0n) is 10.3. The van der Waals surface area contributed by atoms with Gasteiger partial charge in [-0.2, -0.15) is 0 Å². The average Bonchev–Trinajstić information content (AvgIpc) is 2.41. The van der Waals surface area contributed by atoms with Crippen LogP contribution in [-0.2, 0) is 10.0 Å². The lowest BCUT2D eigenvalue weighted by molar-refractivity contribution is 0.413.